The number of carboxylic acids is 1. The van der Waals surface area contributed by atoms with Gasteiger partial charge in [-0.05, 0) is 11.4 Å². The number of aromatic carboxylic acids is 1. The van der Waals surface area contributed by atoms with Crippen molar-refractivity contribution in [1.29, 1.82) is 0 Å². The summed E-state index contributed by atoms with van der Waals surface area (Å²) in [7, 11) is 0. The van der Waals surface area contributed by atoms with Crippen LogP contribution in [0.5, 0.6) is 0 Å². The van der Waals surface area contributed by atoms with Gasteiger partial charge in [0.05, 0.1) is 6.04 Å². The molecule has 0 saturated heterocycles. The van der Waals surface area contributed by atoms with Crippen LogP contribution in [0.4, 0.5) is 5.13 Å². The van der Waals surface area contributed by atoms with Crippen LogP contribution in [0.15, 0.2) is 22.9 Å². The van der Waals surface area contributed by atoms with E-state index in [0.29, 0.717) is 6.42 Å². The van der Waals surface area contributed by atoms with Crippen molar-refractivity contribution in [2.75, 3.05) is 5.32 Å². The summed E-state index contributed by atoms with van der Waals surface area (Å²) in [5, 5.41) is 14.8. The van der Waals surface area contributed by atoms with E-state index < -0.39 is 12.0 Å². The van der Waals surface area contributed by atoms with Gasteiger partial charge in [-0.1, -0.05) is 6.07 Å². The molecule has 8 heteroatoms. The Bertz CT molecular complexity index is 580. The van der Waals surface area contributed by atoms with E-state index in [-0.39, 0.29) is 16.7 Å². The SMILES string of the molecule is N[C@@H](Cc1cccs1)C(=O)Nc1nc(C(=O)O)cs1. The second kappa shape index (κ2) is 5.91. The molecule has 1 amide bonds. The lowest BCUT2D eigenvalue weighted by Crippen LogP contribution is -2.37. The maximum Gasteiger partial charge on any atom is 0.355 e. The summed E-state index contributed by atoms with van der Waals surface area (Å²) in [6.45, 7) is 0. The molecule has 0 fully saturated rings. The monoisotopic (exact) mass is 297 g/mol. The highest BCUT2D eigenvalue weighted by atomic mass is 32.1. The molecule has 0 radical (unpaired) electrons. The number of anilines is 1. The van der Waals surface area contributed by atoms with E-state index in [1.54, 1.807) is 0 Å². The lowest BCUT2D eigenvalue weighted by molar-refractivity contribution is -0.117. The molecule has 0 aliphatic heterocycles. The maximum absolute atomic E-state index is 11.8. The van der Waals surface area contributed by atoms with Gasteiger partial charge >= 0.3 is 5.97 Å². The highest BCUT2D eigenvalue weighted by Gasteiger charge is 2.17. The number of nitrogens with two attached hydrogens (primary N) is 1. The van der Waals surface area contributed by atoms with Gasteiger partial charge in [-0.3, -0.25) is 4.79 Å². The Kier molecular flexibility index (Phi) is 4.25. The molecule has 2 aromatic rings. The number of thiazole rings is 1. The van der Waals surface area contributed by atoms with Crippen LogP contribution in [-0.2, 0) is 11.2 Å². The van der Waals surface area contributed by atoms with Crippen molar-refractivity contribution in [3.8, 4) is 0 Å². The first-order valence-corrected chi connectivity index (χ1v) is 7.10. The summed E-state index contributed by atoms with van der Waals surface area (Å²) >= 11 is 2.59. The van der Waals surface area contributed by atoms with Crippen LogP contribution in [-0.4, -0.2) is 28.0 Å². The number of thiophene rings is 1. The minimum Gasteiger partial charge on any atom is -0.476 e. The van der Waals surface area contributed by atoms with E-state index in [2.05, 4.69) is 10.3 Å². The molecule has 19 heavy (non-hydrogen) atoms. The van der Waals surface area contributed by atoms with Gasteiger partial charge in [0.1, 0.15) is 0 Å². The number of nitrogens with one attached hydrogen (secondary N) is 1. The van der Waals surface area contributed by atoms with E-state index in [1.807, 2.05) is 17.5 Å². The molecule has 0 saturated carbocycles. The summed E-state index contributed by atoms with van der Waals surface area (Å²) < 4.78 is 0. The third-order valence-electron chi connectivity index (χ3n) is 2.29. The second-order valence-corrected chi connectivity index (χ2v) is 5.61. The van der Waals surface area contributed by atoms with Gasteiger partial charge in [-0.2, -0.15) is 0 Å². The number of carboxylic acid groups (broad SMARTS) is 1. The van der Waals surface area contributed by atoms with Gasteiger partial charge in [-0.25, -0.2) is 9.78 Å². The molecule has 0 aromatic carbocycles. The Morgan fingerprint density at radius 1 is 1.47 bits per heavy atom. The molecule has 6 nitrogen and oxygen atoms in total. The van der Waals surface area contributed by atoms with Crippen molar-refractivity contribution in [3.05, 3.63) is 33.5 Å². The van der Waals surface area contributed by atoms with Crippen LogP contribution in [0.2, 0.25) is 0 Å². The Hall–Kier alpha value is -1.77. The van der Waals surface area contributed by atoms with Crippen LogP contribution in [0.1, 0.15) is 15.4 Å². The van der Waals surface area contributed by atoms with E-state index in [1.165, 1.54) is 16.7 Å². The predicted octanol–water partition coefficient (Wildman–Crippen LogP) is 1.41. The van der Waals surface area contributed by atoms with Crippen LogP contribution >= 0.6 is 22.7 Å². The van der Waals surface area contributed by atoms with Gasteiger partial charge in [0, 0.05) is 16.7 Å². The van der Waals surface area contributed by atoms with Crippen molar-refractivity contribution < 1.29 is 14.7 Å². The molecule has 100 valence electrons. The molecule has 1 atom stereocenters. The number of rotatable bonds is 5. The number of hydrogen-bond donors (Lipinski definition) is 3. The fourth-order valence-electron chi connectivity index (χ4n) is 1.37. The van der Waals surface area contributed by atoms with Crippen molar-refractivity contribution in [3.63, 3.8) is 0 Å². The van der Waals surface area contributed by atoms with Gasteiger partial charge in [-0.15, -0.1) is 22.7 Å². The van der Waals surface area contributed by atoms with Crippen molar-refractivity contribution in [2.24, 2.45) is 5.73 Å². The molecule has 2 aromatic heterocycles. The average molecular weight is 297 g/mol. The van der Waals surface area contributed by atoms with Crippen LogP contribution in [0.3, 0.4) is 0 Å². The first-order chi connectivity index (χ1) is 9.06. The van der Waals surface area contributed by atoms with Gasteiger partial charge in [0.25, 0.3) is 0 Å². The quantitative estimate of drug-likeness (QED) is 0.774. The molecule has 4 N–H and O–H groups in total. The van der Waals surface area contributed by atoms with E-state index in [4.69, 9.17) is 10.8 Å². The first kappa shape index (κ1) is 13.7. The largest absolute Gasteiger partial charge is 0.476 e. The number of hydrogen-bond acceptors (Lipinski definition) is 6. The van der Waals surface area contributed by atoms with Gasteiger partial charge in [0.15, 0.2) is 10.8 Å². The second-order valence-electron chi connectivity index (χ2n) is 3.72. The number of amides is 1. The Labute approximate surface area is 116 Å². The lowest BCUT2D eigenvalue weighted by atomic mass is 10.2. The van der Waals surface area contributed by atoms with E-state index in [0.717, 1.165) is 16.2 Å². The fraction of sp³-hybridized carbons (Fsp3) is 0.182. The zero-order chi connectivity index (χ0) is 13.8. The normalized spacial score (nSPS) is 12.1. The van der Waals surface area contributed by atoms with E-state index >= 15 is 0 Å². The van der Waals surface area contributed by atoms with E-state index in [9.17, 15) is 9.59 Å². The maximum atomic E-state index is 11.8. The third-order valence-corrected chi connectivity index (χ3v) is 3.95. The molecule has 0 bridgehead atoms. The highest BCUT2D eigenvalue weighted by molar-refractivity contribution is 7.14. The summed E-state index contributed by atoms with van der Waals surface area (Å²) in [5.74, 6) is -1.50. The van der Waals surface area contributed by atoms with Crippen molar-refractivity contribution in [1.82, 2.24) is 4.98 Å². The smallest absolute Gasteiger partial charge is 0.355 e. The predicted molar refractivity (Wildman–Crippen MR) is 73.7 cm³/mol. The number of aromatic nitrogens is 1. The van der Waals surface area contributed by atoms with Crippen LogP contribution in [0, 0.1) is 0 Å². The Balaban J connectivity index is 1.94. The molecular weight excluding hydrogens is 286 g/mol. The van der Waals surface area contributed by atoms with Crippen LogP contribution in [0.25, 0.3) is 0 Å². The molecule has 0 aliphatic rings. The summed E-state index contributed by atoms with van der Waals surface area (Å²) in [4.78, 5) is 27.2. The summed E-state index contributed by atoms with van der Waals surface area (Å²) in [5.41, 5.74) is 5.69. The topological polar surface area (TPSA) is 105 Å². The molecule has 2 rings (SSSR count). The zero-order valence-corrected chi connectivity index (χ0v) is 11.3. The number of carbonyl (C=O) groups excluding carboxylic acids is 1. The van der Waals surface area contributed by atoms with Crippen molar-refractivity contribution >= 4 is 39.7 Å². The fourth-order valence-corrected chi connectivity index (χ4v) is 2.82. The molecule has 0 unspecified atom stereocenters. The molecule has 0 spiro atoms. The third kappa shape index (κ3) is 3.60. The van der Waals surface area contributed by atoms with Gasteiger partial charge < -0.3 is 16.2 Å². The first-order valence-electron chi connectivity index (χ1n) is 5.34. The highest BCUT2D eigenvalue weighted by Crippen LogP contribution is 2.16. The number of nitrogens with zero attached hydrogens (tertiary/aromatic N) is 1. The van der Waals surface area contributed by atoms with Crippen LogP contribution < -0.4 is 11.1 Å². The molecule has 2 heterocycles. The Morgan fingerprint density at radius 3 is 2.84 bits per heavy atom. The standard InChI is InChI=1S/C11H11N3O3S2/c12-7(4-6-2-1-3-18-6)9(15)14-11-13-8(5-19-11)10(16)17/h1-3,5,7H,4,12H2,(H,16,17)(H,13,14,15)/t7-/m0/s1. The minimum absolute atomic E-state index is 0.0906. The Morgan fingerprint density at radius 2 is 2.26 bits per heavy atom. The lowest BCUT2D eigenvalue weighted by Gasteiger charge is -2.09. The zero-order valence-electron chi connectivity index (χ0n) is 9.70. The summed E-state index contributed by atoms with van der Waals surface area (Å²) in [6, 6.07) is 3.12. The average Bonchev–Trinajstić information content (AvgIpc) is 2.99. The minimum atomic E-state index is -1.13. The number of carbonyl (C=O) groups is 2. The molecular formula is C11H11N3O3S2. The van der Waals surface area contributed by atoms with Crippen molar-refractivity contribution in [2.45, 2.75) is 12.5 Å². The molecule has 0 aliphatic carbocycles. The summed E-state index contributed by atoms with van der Waals surface area (Å²) in [6.07, 6.45) is 0.445. The van der Waals surface area contributed by atoms with Gasteiger partial charge in [0.2, 0.25) is 5.91 Å².